The lowest BCUT2D eigenvalue weighted by Gasteiger charge is -2.15. The summed E-state index contributed by atoms with van der Waals surface area (Å²) in [5, 5.41) is 18.9. The fourth-order valence-electron chi connectivity index (χ4n) is 2.61. The number of amides is 1. The molecule has 2 aromatic carbocycles. The van der Waals surface area contributed by atoms with Crippen molar-refractivity contribution in [1.82, 2.24) is 0 Å². The molecule has 2 aromatic rings. The molecular weight excluding hydrogens is 398 g/mol. The third kappa shape index (κ3) is 4.02. The summed E-state index contributed by atoms with van der Waals surface area (Å²) in [4.78, 5) is 25.8. The largest absolute Gasteiger partial charge is 0.507 e. The zero-order valence-corrected chi connectivity index (χ0v) is 16.5. The molecule has 1 saturated heterocycles. The van der Waals surface area contributed by atoms with E-state index in [0.717, 1.165) is 23.7 Å². The van der Waals surface area contributed by atoms with Crippen LogP contribution < -0.4 is 9.64 Å². The summed E-state index contributed by atoms with van der Waals surface area (Å²) in [6.45, 7) is 2.58. The van der Waals surface area contributed by atoms with Crippen LogP contribution in [0.4, 0.5) is 5.69 Å². The quantitative estimate of drug-likeness (QED) is 0.538. The summed E-state index contributed by atoms with van der Waals surface area (Å²) in [6.07, 6.45) is 2.58. The van der Waals surface area contributed by atoms with Crippen molar-refractivity contribution in [2.75, 3.05) is 11.5 Å². The van der Waals surface area contributed by atoms with Crippen LogP contribution in [-0.4, -0.2) is 33.0 Å². The number of carbonyl (C=O) groups excluding carboxylic acids is 1. The number of para-hydroxylation sites is 1. The predicted molar refractivity (Wildman–Crippen MR) is 113 cm³/mol. The number of benzene rings is 2. The molecule has 28 heavy (non-hydrogen) atoms. The highest BCUT2D eigenvalue weighted by molar-refractivity contribution is 8.27. The first kappa shape index (κ1) is 19.9. The molecule has 1 amide bonds. The molecule has 0 atom stereocenters. The van der Waals surface area contributed by atoms with E-state index < -0.39 is 5.97 Å². The molecule has 144 valence electrons. The molecule has 0 aromatic heterocycles. The number of hydrogen-bond acceptors (Lipinski definition) is 6. The normalized spacial score (nSPS) is 15.3. The van der Waals surface area contributed by atoms with Crippen LogP contribution in [0.25, 0.3) is 6.08 Å². The van der Waals surface area contributed by atoms with Gasteiger partial charge in [0, 0.05) is 5.56 Å². The van der Waals surface area contributed by atoms with Gasteiger partial charge in [-0.15, -0.1) is 0 Å². The summed E-state index contributed by atoms with van der Waals surface area (Å²) in [7, 11) is 0. The number of anilines is 1. The minimum absolute atomic E-state index is 0.283. The molecule has 1 fully saturated rings. The number of aromatic hydroxyl groups is 1. The number of hydrogen-bond donors (Lipinski definition) is 2. The number of thiocarbonyl (C=S) groups is 1. The van der Waals surface area contributed by atoms with Crippen LogP contribution in [0.2, 0.25) is 0 Å². The number of phenols is 1. The third-order valence-corrected chi connectivity index (χ3v) is 5.23. The van der Waals surface area contributed by atoms with E-state index in [2.05, 4.69) is 0 Å². The third-order valence-electron chi connectivity index (χ3n) is 3.93. The Balaban J connectivity index is 1.94. The van der Waals surface area contributed by atoms with Crippen molar-refractivity contribution >= 4 is 51.9 Å². The summed E-state index contributed by atoms with van der Waals surface area (Å²) in [5.74, 6) is -1.35. The summed E-state index contributed by atoms with van der Waals surface area (Å²) < 4.78 is 6.00. The molecule has 0 spiro atoms. The number of aromatic carboxylic acids is 1. The maximum Gasteiger partial charge on any atom is 0.339 e. The first-order chi connectivity index (χ1) is 13.4. The van der Waals surface area contributed by atoms with E-state index >= 15 is 0 Å². The molecule has 2 N–H and O–H groups in total. The van der Waals surface area contributed by atoms with E-state index in [1.165, 1.54) is 23.1 Å². The second-order valence-corrected chi connectivity index (χ2v) is 7.59. The van der Waals surface area contributed by atoms with Crippen LogP contribution in [0.15, 0.2) is 47.4 Å². The van der Waals surface area contributed by atoms with Crippen molar-refractivity contribution < 1.29 is 24.5 Å². The molecule has 6 nitrogen and oxygen atoms in total. The van der Waals surface area contributed by atoms with Gasteiger partial charge >= 0.3 is 5.97 Å². The Kier molecular flexibility index (Phi) is 6.01. The van der Waals surface area contributed by atoms with Crippen molar-refractivity contribution in [2.45, 2.75) is 13.3 Å². The van der Waals surface area contributed by atoms with E-state index in [0.29, 0.717) is 17.3 Å². The molecule has 0 unspecified atom stereocenters. The average Bonchev–Trinajstić information content (AvgIpc) is 2.95. The van der Waals surface area contributed by atoms with Gasteiger partial charge in [-0.2, -0.15) is 0 Å². The molecule has 1 heterocycles. The molecule has 0 bridgehead atoms. The lowest BCUT2D eigenvalue weighted by atomic mass is 10.1. The standard InChI is InChI=1S/C20H17NO5S2/c1-2-9-26-16-6-4-3-5-12(16)10-17-18(23)21(20(27)28-17)13-7-8-15(22)14(11-13)19(24)25/h3-8,10-11,22H,2,9H2,1H3,(H,24,25)/b17-10-. The Morgan fingerprint density at radius 1 is 1.29 bits per heavy atom. The van der Waals surface area contributed by atoms with Crippen molar-refractivity contribution in [3.63, 3.8) is 0 Å². The van der Waals surface area contributed by atoms with Crippen molar-refractivity contribution in [3.8, 4) is 11.5 Å². The fraction of sp³-hybridized carbons (Fsp3) is 0.150. The minimum Gasteiger partial charge on any atom is -0.507 e. The van der Waals surface area contributed by atoms with E-state index in [4.69, 9.17) is 17.0 Å². The monoisotopic (exact) mass is 415 g/mol. The Morgan fingerprint density at radius 3 is 2.75 bits per heavy atom. The number of rotatable bonds is 6. The first-order valence-electron chi connectivity index (χ1n) is 8.48. The molecule has 0 radical (unpaired) electrons. The number of thioether (sulfide) groups is 1. The van der Waals surface area contributed by atoms with Gasteiger partial charge in [-0.05, 0) is 36.8 Å². The van der Waals surface area contributed by atoms with E-state index in [1.807, 2.05) is 31.2 Å². The highest BCUT2D eigenvalue weighted by atomic mass is 32.2. The van der Waals surface area contributed by atoms with Crippen LogP contribution in [0.1, 0.15) is 29.3 Å². The SMILES string of the molecule is CCCOc1ccccc1/C=C1\SC(=S)N(c2ccc(O)c(C(=O)O)c2)C1=O. The van der Waals surface area contributed by atoms with Crippen LogP contribution in [0, 0.1) is 0 Å². The molecule has 0 saturated carbocycles. The second kappa shape index (κ2) is 8.45. The Morgan fingerprint density at radius 2 is 2.04 bits per heavy atom. The van der Waals surface area contributed by atoms with Gasteiger partial charge in [0.05, 0.1) is 17.2 Å². The van der Waals surface area contributed by atoms with Crippen molar-refractivity contribution in [3.05, 3.63) is 58.5 Å². The highest BCUT2D eigenvalue weighted by Crippen LogP contribution is 2.38. The van der Waals surface area contributed by atoms with Crippen LogP contribution >= 0.6 is 24.0 Å². The lowest BCUT2D eigenvalue weighted by molar-refractivity contribution is -0.113. The number of carbonyl (C=O) groups is 2. The number of carboxylic acids is 1. The van der Waals surface area contributed by atoms with Crippen LogP contribution in [0.5, 0.6) is 11.5 Å². The zero-order chi connectivity index (χ0) is 20.3. The summed E-state index contributed by atoms with van der Waals surface area (Å²) in [5.41, 5.74) is 0.749. The van der Waals surface area contributed by atoms with Gasteiger partial charge in [-0.1, -0.05) is 49.1 Å². The van der Waals surface area contributed by atoms with Crippen molar-refractivity contribution in [1.29, 1.82) is 0 Å². The van der Waals surface area contributed by atoms with Crippen molar-refractivity contribution in [2.24, 2.45) is 0 Å². The Bertz CT molecular complexity index is 986. The van der Waals surface area contributed by atoms with E-state index in [-0.39, 0.29) is 27.2 Å². The highest BCUT2D eigenvalue weighted by Gasteiger charge is 2.34. The molecule has 3 rings (SSSR count). The van der Waals surface area contributed by atoms with Gasteiger partial charge in [0.15, 0.2) is 4.32 Å². The fourth-order valence-corrected chi connectivity index (χ4v) is 3.90. The topological polar surface area (TPSA) is 87.1 Å². The smallest absolute Gasteiger partial charge is 0.339 e. The molecule has 8 heteroatoms. The maximum atomic E-state index is 12.9. The van der Waals surface area contributed by atoms with Gasteiger partial charge in [0.25, 0.3) is 5.91 Å². The summed E-state index contributed by atoms with van der Waals surface area (Å²) in [6, 6.07) is 11.3. The summed E-state index contributed by atoms with van der Waals surface area (Å²) >= 11 is 6.45. The second-order valence-electron chi connectivity index (χ2n) is 5.91. The molecular formula is C20H17NO5S2. The molecule has 1 aliphatic rings. The Hall–Kier alpha value is -2.84. The van der Waals surface area contributed by atoms with E-state index in [1.54, 1.807) is 6.08 Å². The number of carboxylic acid groups (broad SMARTS) is 1. The lowest BCUT2D eigenvalue weighted by Crippen LogP contribution is -2.27. The minimum atomic E-state index is -1.29. The maximum absolute atomic E-state index is 12.9. The van der Waals surface area contributed by atoms with Crippen LogP contribution in [-0.2, 0) is 4.79 Å². The average molecular weight is 415 g/mol. The molecule has 1 aliphatic heterocycles. The van der Waals surface area contributed by atoms with Crippen LogP contribution in [0.3, 0.4) is 0 Å². The van der Waals surface area contributed by atoms with Gasteiger partial charge in [-0.3, -0.25) is 9.69 Å². The van der Waals surface area contributed by atoms with E-state index in [9.17, 15) is 19.8 Å². The Labute approximate surface area is 171 Å². The van der Waals surface area contributed by atoms with Gasteiger partial charge in [0.2, 0.25) is 0 Å². The van der Waals surface area contributed by atoms with Gasteiger partial charge < -0.3 is 14.9 Å². The van der Waals surface area contributed by atoms with Gasteiger partial charge in [-0.25, -0.2) is 4.79 Å². The first-order valence-corrected chi connectivity index (χ1v) is 9.71. The molecule has 0 aliphatic carbocycles. The number of nitrogens with zero attached hydrogens (tertiary/aromatic N) is 1. The predicted octanol–water partition coefficient (Wildman–Crippen LogP) is 4.29. The number of ether oxygens (including phenoxy) is 1. The zero-order valence-electron chi connectivity index (χ0n) is 14.9. The van der Waals surface area contributed by atoms with Gasteiger partial charge in [0.1, 0.15) is 17.1 Å².